The first kappa shape index (κ1) is 11.0. The maximum atomic E-state index is 5.95. The number of hydrogen-bond donors (Lipinski definition) is 1. The van der Waals surface area contributed by atoms with Crippen molar-refractivity contribution in [2.75, 3.05) is 5.73 Å². The zero-order valence-electron chi connectivity index (χ0n) is 7.30. The van der Waals surface area contributed by atoms with Crippen LogP contribution in [-0.2, 0) is 0 Å². The second-order valence-corrected chi connectivity index (χ2v) is 4.98. The Morgan fingerprint density at radius 3 is 2.67 bits per heavy atom. The third-order valence-corrected chi connectivity index (χ3v) is 3.38. The van der Waals surface area contributed by atoms with Crippen LogP contribution in [0.15, 0.2) is 31.7 Å². The van der Waals surface area contributed by atoms with Crippen molar-refractivity contribution in [1.82, 2.24) is 5.16 Å². The SMILES string of the molecule is Nc1noc(-c2cc(Br)ccc2Br)c1Cl. The summed E-state index contributed by atoms with van der Waals surface area (Å²) in [4.78, 5) is 0. The van der Waals surface area contributed by atoms with Gasteiger partial charge in [-0.25, -0.2) is 0 Å². The van der Waals surface area contributed by atoms with Crippen LogP contribution in [0.1, 0.15) is 0 Å². The molecule has 0 radical (unpaired) electrons. The molecule has 1 heterocycles. The molecule has 1 aromatic carbocycles. The minimum atomic E-state index is 0.193. The van der Waals surface area contributed by atoms with Crippen LogP contribution < -0.4 is 5.73 Å². The third kappa shape index (κ3) is 2.04. The summed E-state index contributed by atoms with van der Waals surface area (Å²) in [6.45, 7) is 0. The molecular weight excluding hydrogens is 347 g/mol. The average molecular weight is 352 g/mol. The van der Waals surface area contributed by atoms with Crippen LogP contribution in [0, 0.1) is 0 Å². The van der Waals surface area contributed by atoms with Gasteiger partial charge in [-0.15, -0.1) is 0 Å². The largest absolute Gasteiger partial charge is 0.380 e. The highest BCUT2D eigenvalue weighted by Crippen LogP contribution is 2.37. The predicted octanol–water partition coefficient (Wildman–Crippen LogP) is 4.10. The van der Waals surface area contributed by atoms with E-state index in [-0.39, 0.29) is 5.82 Å². The lowest BCUT2D eigenvalue weighted by atomic mass is 10.2. The average Bonchev–Trinajstić information content (AvgIpc) is 2.52. The van der Waals surface area contributed by atoms with Gasteiger partial charge in [0.15, 0.2) is 11.6 Å². The second-order valence-electron chi connectivity index (χ2n) is 2.84. The Balaban J connectivity index is 2.63. The summed E-state index contributed by atoms with van der Waals surface area (Å²) in [5.74, 6) is 0.654. The Bertz CT molecular complexity index is 513. The summed E-state index contributed by atoms with van der Waals surface area (Å²) in [5.41, 5.74) is 6.31. The minimum Gasteiger partial charge on any atom is -0.380 e. The highest BCUT2D eigenvalue weighted by atomic mass is 79.9. The predicted molar refractivity (Wildman–Crippen MR) is 66.8 cm³/mol. The molecule has 1 aromatic heterocycles. The van der Waals surface area contributed by atoms with Crippen molar-refractivity contribution < 1.29 is 4.52 Å². The molecule has 0 saturated carbocycles. The van der Waals surface area contributed by atoms with E-state index in [1.165, 1.54) is 0 Å². The van der Waals surface area contributed by atoms with E-state index in [9.17, 15) is 0 Å². The van der Waals surface area contributed by atoms with Gasteiger partial charge in [-0.3, -0.25) is 0 Å². The quantitative estimate of drug-likeness (QED) is 0.841. The van der Waals surface area contributed by atoms with Gasteiger partial charge < -0.3 is 10.3 Å². The molecule has 6 heteroatoms. The van der Waals surface area contributed by atoms with E-state index in [1.807, 2.05) is 18.2 Å². The first-order chi connectivity index (χ1) is 7.09. The minimum absolute atomic E-state index is 0.193. The summed E-state index contributed by atoms with van der Waals surface area (Å²) in [6, 6.07) is 5.66. The number of benzene rings is 1. The number of nitrogens with zero attached hydrogens (tertiary/aromatic N) is 1. The van der Waals surface area contributed by atoms with Gasteiger partial charge in [0.05, 0.1) is 0 Å². The summed E-state index contributed by atoms with van der Waals surface area (Å²) < 4.78 is 6.85. The van der Waals surface area contributed by atoms with E-state index in [4.69, 9.17) is 21.9 Å². The van der Waals surface area contributed by atoms with Crippen molar-refractivity contribution in [1.29, 1.82) is 0 Å². The maximum Gasteiger partial charge on any atom is 0.188 e. The number of nitrogens with two attached hydrogens (primary N) is 1. The Hall–Kier alpha value is -0.520. The molecule has 2 aromatic rings. The molecule has 0 fully saturated rings. The van der Waals surface area contributed by atoms with Crippen LogP contribution in [0.4, 0.5) is 5.82 Å². The van der Waals surface area contributed by atoms with E-state index < -0.39 is 0 Å². The standard InChI is InChI=1S/C9H5Br2ClN2O/c10-4-1-2-6(11)5(3-4)8-7(12)9(13)14-15-8/h1-3H,(H2,13,14). The van der Waals surface area contributed by atoms with Gasteiger partial charge in [-0.2, -0.15) is 0 Å². The van der Waals surface area contributed by atoms with E-state index in [2.05, 4.69) is 37.0 Å². The fraction of sp³-hybridized carbons (Fsp3) is 0. The van der Waals surface area contributed by atoms with Crippen LogP contribution in [0.3, 0.4) is 0 Å². The van der Waals surface area contributed by atoms with Gasteiger partial charge in [0.1, 0.15) is 5.02 Å². The Morgan fingerprint density at radius 2 is 2.07 bits per heavy atom. The van der Waals surface area contributed by atoms with E-state index in [0.29, 0.717) is 10.8 Å². The van der Waals surface area contributed by atoms with Crippen LogP contribution in [0.5, 0.6) is 0 Å². The van der Waals surface area contributed by atoms with Crippen molar-refractivity contribution in [2.24, 2.45) is 0 Å². The molecule has 2 N–H and O–H groups in total. The zero-order valence-corrected chi connectivity index (χ0v) is 11.2. The zero-order chi connectivity index (χ0) is 11.0. The first-order valence-corrected chi connectivity index (χ1v) is 5.92. The van der Waals surface area contributed by atoms with Crippen molar-refractivity contribution >= 4 is 49.3 Å². The molecule has 15 heavy (non-hydrogen) atoms. The van der Waals surface area contributed by atoms with Crippen molar-refractivity contribution in [3.8, 4) is 11.3 Å². The third-order valence-electron chi connectivity index (χ3n) is 1.83. The highest BCUT2D eigenvalue weighted by molar-refractivity contribution is 9.11. The molecule has 78 valence electrons. The van der Waals surface area contributed by atoms with Gasteiger partial charge in [0.2, 0.25) is 0 Å². The first-order valence-electron chi connectivity index (χ1n) is 3.95. The van der Waals surface area contributed by atoms with E-state index >= 15 is 0 Å². The monoisotopic (exact) mass is 350 g/mol. The molecule has 0 unspecified atom stereocenters. The topological polar surface area (TPSA) is 52.0 Å². The molecule has 0 saturated heterocycles. The van der Waals surface area contributed by atoms with E-state index in [1.54, 1.807) is 0 Å². The lowest BCUT2D eigenvalue weighted by Gasteiger charge is -2.01. The van der Waals surface area contributed by atoms with Crippen molar-refractivity contribution in [2.45, 2.75) is 0 Å². The van der Waals surface area contributed by atoms with Crippen LogP contribution >= 0.6 is 43.5 Å². The van der Waals surface area contributed by atoms with Crippen LogP contribution in [-0.4, -0.2) is 5.16 Å². The fourth-order valence-electron chi connectivity index (χ4n) is 1.13. The lowest BCUT2D eigenvalue weighted by molar-refractivity contribution is 0.435. The number of anilines is 1. The number of nitrogen functional groups attached to an aromatic ring is 1. The number of hydrogen-bond acceptors (Lipinski definition) is 3. The lowest BCUT2D eigenvalue weighted by Crippen LogP contribution is -1.83. The van der Waals surface area contributed by atoms with Crippen LogP contribution in [0.25, 0.3) is 11.3 Å². The number of rotatable bonds is 1. The van der Waals surface area contributed by atoms with Gasteiger partial charge >= 0.3 is 0 Å². The maximum absolute atomic E-state index is 5.95. The van der Waals surface area contributed by atoms with Gasteiger partial charge in [0.25, 0.3) is 0 Å². The fourth-order valence-corrected chi connectivity index (χ4v) is 2.09. The Kier molecular flexibility index (Phi) is 3.04. The van der Waals surface area contributed by atoms with Gasteiger partial charge in [-0.1, -0.05) is 48.6 Å². The Morgan fingerprint density at radius 1 is 1.33 bits per heavy atom. The summed E-state index contributed by atoms with van der Waals surface area (Å²) in [7, 11) is 0. The van der Waals surface area contributed by atoms with E-state index in [0.717, 1.165) is 14.5 Å². The summed E-state index contributed by atoms with van der Waals surface area (Å²) in [5, 5.41) is 3.93. The van der Waals surface area contributed by atoms with Gasteiger partial charge in [0, 0.05) is 14.5 Å². The highest BCUT2D eigenvalue weighted by Gasteiger charge is 2.16. The summed E-state index contributed by atoms with van der Waals surface area (Å²) in [6.07, 6.45) is 0. The molecule has 0 bridgehead atoms. The molecule has 0 spiro atoms. The van der Waals surface area contributed by atoms with Crippen LogP contribution in [0.2, 0.25) is 5.02 Å². The smallest absolute Gasteiger partial charge is 0.188 e. The van der Waals surface area contributed by atoms with Crippen molar-refractivity contribution in [3.05, 3.63) is 32.2 Å². The molecule has 0 atom stereocenters. The molecule has 0 amide bonds. The number of aromatic nitrogens is 1. The molecule has 0 aliphatic carbocycles. The molecule has 0 aliphatic heterocycles. The van der Waals surface area contributed by atoms with Crippen molar-refractivity contribution in [3.63, 3.8) is 0 Å². The second kappa shape index (κ2) is 4.15. The van der Waals surface area contributed by atoms with Gasteiger partial charge in [-0.05, 0) is 18.2 Å². The molecule has 0 aliphatic rings. The molecule has 3 nitrogen and oxygen atoms in total. The molecular formula is C9H5Br2ClN2O. The summed E-state index contributed by atoms with van der Waals surface area (Å²) >= 11 is 12.7. The normalized spacial score (nSPS) is 10.6. The Labute approximate surface area is 108 Å². The molecule has 2 rings (SSSR count). The number of halogens is 3.